The number of carboxylic acids is 1. The van der Waals surface area contributed by atoms with Crippen molar-refractivity contribution in [3.05, 3.63) is 35.4 Å². The molecule has 0 fully saturated rings. The van der Waals surface area contributed by atoms with Gasteiger partial charge >= 0.3 is 5.97 Å². The summed E-state index contributed by atoms with van der Waals surface area (Å²) in [5.41, 5.74) is 0.366. The highest BCUT2D eigenvalue weighted by Crippen LogP contribution is 2.20. The quantitative estimate of drug-likeness (QED) is 0.814. The Morgan fingerprint density at radius 3 is 2.29 bits per heavy atom. The maximum atomic E-state index is 12.7. The standard InChI is InChI=1S/C10H10F2O2/c1-6(2-10(13)14)7-3-8(11)5-9(12)4-7/h3-6H,2H2,1H3,(H,13,14)/t6-/m1/s1. The van der Waals surface area contributed by atoms with E-state index in [0.29, 0.717) is 5.56 Å². The summed E-state index contributed by atoms with van der Waals surface area (Å²) < 4.78 is 25.5. The maximum absolute atomic E-state index is 12.7. The number of halogens is 2. The molecule has 14 heavy (non-hydrogen) atoms. The van der Waals surface area contributed by atoms with Crippen LogP contribution in [-0.2, 0) is 4.79 Å². The Labute approximate surface area is 80.2 Å². The first-order chi connectivity index (χ1) is 6.49. The highest BCUT2D eigenvalue weighted by Gasteiger charge is 2.12. The van der Waals surface area contributed by atoms with Crippen LogP contribution in [0.3, 0.4) is 0 Å². The number of hydrogen-bond acceptors (Lipinski definition) is 1. The van der Waals surface area contributed by atoms with Crippen molar-refractivity contribution in [3.8, 4) is 0 Å². The minimum atomic E-state index is -0.984. The molecule has 1 atom stereocenters. The Bertz CT molecular complexity index is 330. The smallest absolute Gasteiger partial charge is 0.303 e. The van der Waals surface area contributed by atoms with Crippen molar-refractivity contribution in [2.75, 3.05) is 0 Å². The number of benzene rings is 1. The highest BCUT2D eigenvalue weighted by molar-refractivity contribution is 5.67. The summed E-state index contributed by atoms with van der Waals surface area (Å²) in [4.78, 5) is 10.4. The van der Waals surface area contributed by atoms with E-state index < -0.39 is 23.5 Å². The molecule has 4 heteroatoms. The van der Waals surface area contributed by atoms with Crippen molar-refractivity contribution in [2.45, 2.75) is 19.3 Å². The highest BCUT2D eigenvalue weighted by atomic mass is 19.1. The summed E-state index contributed by atoms with van der Waals surface area (Å²) in [6.07, 6.45) is -0.136. The van der Waals surface area contributed by atoms with Gasteiger partial charge in [-0.25, -0.2) is 8.78 Å². The summed E-state index contributed by atoms with van der Waals surface area (Å²) in [5.74, 6) is -2.74. The van der Waals surface area contributed by atoms with Crippen LogP contribution in [0.5, 0.6) is 0 Å². The largest absolute Gasteiger partial charge is 0.481 e. The number of rotatable bonds is 3. The summed E-state index contributed by atoms with van der Waals surface area (Å²) in [6, 6.07) is 3.06. The average molecular weight is 200 g/mol. The Morgan fingerprint density at radius 1 is 1.36 bits per heavy atom. The third kappa shape index (κ3) is 2.80. The van der Waals surface area contributed by atoms with Crippen LogP contribution in [0.25, 0.3) is 0 Å². The Hall–Kier alpha value is -1.45. The van der Waals surface area contributed by atoms with Crippen LogP contribution in [0.2, 0.25) is 0 Å². The van der Waals surface area contributed by atoms with Gasteiger partial charge in [-0.1, -0.05) is 6.92 Å². The predicted molar refractivity (Wildman–Crippen MR) is 47.0 cm³/mol. The first-order valence-corrected chi connectivity index (χ1v) is 4.17. The summed E-state index contributed by atoms with van der Waals surface area (Å²) in [7, 11) is 0. The first kappa shape index (κ1) is 10.6. The van der Waals surface area contributed by atoms with Gasteiger partial charge in [0.2, 0.25) is 0 Å². The van der Waals surface area contributed by atoms with Gasteiger partial charge in [-0.05, 0) is 23.6 Å². The molecule has 0 aliphatic rings. The molecule has 0 aliphatic carbocycles. The Morgan fingerprint density at radius 2 is 1.86 bits per heavy atom. The predicted octanol–water partition coefficient (Wildman–Crippen LogP) is 2.54. The monoisotopic (exact) mass is 200 g/mol. The van der Waals surface area contributed by atoms with Crippen molar-refractivity contribution >= 4 is 5.97 Å². The number of carbonyl (C=O) groups is 1. The lowest BCUT2D eigenvalue weighted by Crippen LogP contribution is -2.03. The molecule has 1 aromatic rings. The van der Waals surface area contributed by atoms with E-state index in [-0.39, 0.29) is 6.42 Å². The van der Waals surface area contributed by atoms with E-state index in [1.54, 1.807) is 6.92 Å². The first-order valence-electron chi connectivity index (χ1n) is 4.17. The molecular weight excluding hydrogens is 190 g/mol. The molecule has 0 saturated carbocycles. The van der Waals surface area contributed by atoms with Gasteiger partial charge in [0.1, 0.15) is 11.6 Å². The van der Waals surface area contributed by atoms with Crippen molar-refractivity contribution < 1.29 is 18.7 Å². The Kier molecular flexibility index (Phi) is 3.17. The van der Waals surface area contributed by atoms with Gasteiger partial charge in [0, 0.05) is 6.07 Å². The Balaban J connectivity index is 2.89. The zero-order valence-corrected chi connectivity index (χ0v) is 7.63. The molecule has 0 spiro atoms. The zero-order chi connectivity index (χ0) is 10.7. The van der Waals surface area contributed by atoms with Gasteiger partial charge < -0.3 is 5.11 Å². The lowest BCUT2D eigenvalue weighted by atomic mass is 9.98. The second-order valence-electron chi connectivity index (χ2n) is 3.20. The van der Waals surface area contributed by atoms with Crippen LogP contribution in [0.1, 0.15) is 24.8 Å². The molecule has 0 radical (unpaired) electrons. The van der Waals surface area contributed by atoms with Gasteiger partial charge in [0.05, 0.1) is 6.42 Å². The minimum Gasteiger partial charge on any atom is -0.481 e. The number of carboxylic acid groups (broad SMARTS) is 1. The van der Waals surface area contributed by atoms with Crippen molar-refractivity contribution in [2.24, 2.45) is 0 Å². The van der Waals surface area contributed by atoms with Crippen LogP contribution >= 0.6 is 0 Å². The van der Waals surface area contributed by atoms with Crippen LogP contribution < -0.4 is 0 Å². The summed E-state index contributed by atoms with van der Waals surface area (Å²) in [5, 5.41) is 8.50. The van der Waals surface area contributed by atoms with Gasteiger partial charge in [-0.2, -0.15) is 0 Å². The maximum Gasteiger partial charge on any atom is 0.303 e. The third-order valence-electron chi connectivity index (χ3n) is 1.93. The van der Waals surface area contributed by atoms with Gasteiger partial charge in [0.25, 0.3) is 0 Å². The molecule has 1 rings (SSSR count). The number of hydrogen-bond donors (Lipinski definition) is 1. The molecular formula is C10H10F2O2. The van der Waals surface area contributed by atoms with E-state index in [1.165, 1.54) is 0 Å². The van der Waals surface area contributed by atoms with Gasteiger partial charge in [-0.15, -0.1) is 0 Å². The van der Waals surface area contributed by atoms with E-state index >= 15 is 0 Å². The molecule has 0 saturated heterocycles. The fourth-order valence-corrected chi connectivity index (χ4v) is 1.24. The molecule has 0 aromatic heterocycles. The van der Waals surface area contributed by atoms with E-state index in [9.17, 15) is 13.6 Å². The van der Waals surface area contributed by atoms with Gasteiger partial charge in [-0.3, -0.25) is 4.79 Å². The van der Waals surface area contributed by atoms with Crippen molar-refractivity contribution in [1.29, 1.82) is 0 Å². The van der Waals surface area contributed by atoms with Crippen LogP contribution in [0.15, 0.2) is 18.2 Å². The topological polar surface area (TPSA) is 37.3 Å². The lowest BCUT2D eigenvalue weighted by molar-refractivity contribution is -0.137. The van der Waals surface area contributed by atoms with E-state index in [0.717, 1.165) is 18.2 Å². The molecule has 2 nitrogen and oxygen atoms in total. The van der Waals surface area contributed by atoms with Gasteiger partial charge in [0.15, 0.2) is 0 Å². The second-order valence-corrected chi connectivity index (χ2v) is 3.20. The summed E-state index contributed by atoms with van der Waals surface area (Å²) >= 11 is 0. The fourth-order valence-electron chi connectivity index (χ4n) is 1.24. The molecule has 1 aromatic carbocycles. The molecule has 0 aliphatic heterocycles. The third-order valence-corrected chi connectivity index (χ3v) is 1.93. The SMILES string of the molecule is C[C@H](CC(=O)O)c1cc(F)cc(F)c1. The zero-order valence-electron chi connectivity index (χ0n) is 7.63. The molecule has 0 unspecified atom stereocenters. The number of aliphatic carboxylic acids is 1. The second kappa shape index (κ2) is 4.17. The lowest BCUT2D eigenvalue weighted by Gasteiger charge is -2.08. The van der Waals surface area contributed by atoms with Crippen molar-refractivity contribution in [1.82, 2.24) is 0 Å². The van der Waals surface area contributed by atoms with E-state index in [2.05, 4.69) is 0 Å². The van der Waals surface area contributed by atoms with Crippen LogP contribution in [-0.4, -0.2) is 11.1 Å². The fraction of sp³-hybridized carbons (Fsp3) is 0.300. The van der Waals surface area contributed by atoms with E-state index in [1.807, 2.05) is 0 Å². The average Bonchev–Trinajstić information content (AvgIpc) is 2.00. The minimum absolute atomic E-state index is 0.136. The van der Waals surface area contributed by atoms with Crippen molar-refractivity contribution in [3.63, 3.8) is 0 Å². The van der Waals surface area contributed by atoms with Crippen LogP contribution in [0.4, 0.5) is 8.78 Å². The van der Waals surface area contributed by atoms with E-state index in [4.69, 9.17) is 5.11 Å². The normalized spacial score (nSPS) is 12.5. The van der Waals surface area contributed by atoms with Crippen LogP contribution in [0, 0.1) is 11.6 Å². The molecule has 0 heterocycles. The molecule has 76 valence electrons. The molecule has 1 N–H and O–H groups in total. The molecule has 0 amide bonds. The molecule has 0 bridgehead atoms. The summed E-state index contributed by atoms with van der Waals surface area (Å²) in [6.45, 7) is 1.61.